The van der Waals surface area contributed by atoms with Crippen molar-refractivity contribution >= 4 is 22.5 Å². The average molecular weight is 422 g/mol. The third kappa shape index (κ3) is 4.79. The number of alkyl halides is 3. The molecule has 0 bridgehead atoms. The number of anilines is 1. The number of nitrogens with zero attached hydrogens (tertiary/aromatic N) is 1. The molecule has 6 heteroatoms. The maximum absolute atomic E-state index is 12.7. The fraction of sp³-hybridized carbons (Fsp3) is 0.160. The molecular formula is C25H21F3N2O. The predicted octanol–water partition coefficient (Wildman–Crippen LogP) is 6.20. The topological polar surface area (TPSA) is 34.0 Å². The van der Waals surface area contributed by atoms with E-state index < -0.39 is 11.7 Å². The molecule has 0 fully saturated rings. The molecule has 0 radical (unpaired) electrons. The number of carbonyl (C=O) groups excluding carboxylic acids is 1. The summed E-state index contributed by atoms with van der Waals surface area (Å²) in [5.41, 5.74) is 3.84. The van der Waals surface area contributed by atoms with Gasteiger partial charge in [-0.1, -0.05) is 48.0 Å². The first kappa shape index (κ1) is 20.7. The summed E-state index contributed by atoms with van der Waals surface area (Å²) in [7, 11) is 0. The maximum Gasteiger partial charge on any atom is 0.416 e. The number of amides is 1. The van der Waals surface area contributed by atoms with Gasteiger partial charge >= 0.3 is 6.18 Å². The minimum atomic E-state index is -4.40. The van der Waals surface area contributed by atoms with Crippen LogP contribution < -0.4 is 5.32 Å². The van der Waals surface area contributed by atoms with Gasteiger partial charge in [-0.25, -0.2) is 0 Å². The second-order valence-corrected chi connectivity index (χ2v) is 7.59. The van der Waals surface area contributed by atoms with Gasteiger partial charge in [-0.3, -0.25) is 4.79 Å². The Bertz CT molecular complexity index is 1210. The van der Waals surface area contributed by atoms with Crippen molar-refractivity contribution < 1.29 is 18.0 Å². The van der Waals surface area contributed by atoms with E-state index in [4.69, 9.17) is 0 Å². The molecule has 3 nitrogen and oxygen atoms in total. The summed E-state index contributed by atoms with van der Waals surface area (Å²) in [4.78, 5) is 12.6. The SMILES string of the molecule is Cc1ccc(Cn2cc(CC(=O)Nc3ccc(C(F)(F)F)cc3)c3ccccc32)cc1. The molecule has 0 aliphatic heterocycles. The maximum atomic E-state index is 12.7. The summed E-state index contributed by atoms with van der Waals surface area (Å²) >= 11 is 0. The van der Waals surface area contributed by atoms with Crippen LogP contribution in [0.2, 0.25) is 0 Å². The third-order valence-corrected chi connectivity index (χ3v) is 5.19. The molecule has 3 aromatic carbocycles. The van der Waals surface area contributed by atoms with Gasteiger partial charge in [-0.2, -0.15) is 13.2 Å². The van der Waals surface area contributed by atoms with Crippen LogP contribution in [-0.4, -0.2) is 10.5 Å². The number of aryl methyl sites for hydroxylation is 1. The van der Waals surface area contributed by atoms with Crippen LogP contribution in [0.3, 0.4) is 0 Å². The Morgan fingerprint density at radius 1 is 0.935 bits per heavy atom. The first-order valence-electron chi connectivity index (χ1n) is 9.89. The monoisotopic (exact) mass is 422 g/mol. The van der Waals surface area contributed by atoms with E-state index in [9.17, 15) is 18.0 Å². The quantitative estimate of drug-likeness (QED) is 0.408. The van der Waals surface area contributed by atoms with Crippen LogP contribution in [0.5, 0.6) is 0 Å². The largest absolute Gasteiger partial charge is 0.416 e. The van der Waals surface area contributed by atoms with E-state index in [1.165, 1.54) is 17.7 Å². The van der Waals surface area contributed by atoms with Gasteiger partial charge in [0.15, 0.2) is 0 Å². The molecular weight excluding hydrogens is 401 g/mol. The molecule has 4 aromatic rings. The van der Waals surface area contributed by atoms with Crippen LogP contribution in [0, 0.1) is 6.92 Å². The van der Waals surface area contributed by atoms with Crippen molar-refractivity contribution in [2.75, 3.05) is 5.32 Å². The van der Waals surface area contributed by atoms with E-state index in [1.54, 1.807) is 0 Å². The summed E-state index contributed by atoms with van der Waals surface area (Å²) < 4.78 is 40.2. The molecule has 0 unspecified atom stereocenters. The fourth-order valence-corrected chi connectivity index (χ4v) is 3.61. The number of fused-ring (bicyclic) bond motifs is 1. The number of nitrogens with one attached hydrogen (secondary N) is 1. The smallest absolute Gasteiger partial charge is 0.343 e. The van der Waals surface area contributed by atoms with Gasteiger partial charge in [-0.15, -0.1) is 0 Å². The first-order valence-corrected chi connectivity index (χ1v) is 9.89. The normalized spacial score (nSPS) is 11.6. The zero-order valence-electron chi connectivity index (χ0n) is 16.9. The van der Waals surface area contributed by atoms with Crippen LogP contribution in [-0.2, 0) is 23.9 Å². The van der Waals surface area contributed by atoms with Gasteiger partial charge in [0.05, 0.1) is 12.0 Å². The van der Waals surface area contributed by atoms with Gasteiger partial charge in [0.25, 0.3) is 0 Å². The summed E-state index contributed by atoms with van der Waals surface area (Å²) in [5, 5.41) is 3.67. The van der Waals surface area contributed by atoms with Crippen LogP contribution in [0.25, 0.3) is 10.9 Å². The number of rotatable bonds is 5. The molecule has 1 amide bonds. The highest BCUT2D eigenvalue weighted by atomic mass is 19.4. The van der Waals surface area contributed by atoms with Crippen molar-refractivity contribution in [1.29, 1.82) is 0 Å². The lowest BCUT2D eigenvalue weighted by Crippen LogP contribution is -2.14. The van der Waals surface area contributed by atoms with Crippen LogP contribution >= 0.6 is 0 Å². The summed E-state index contributed by atoms with van der Waals surface area (Å²) in [6.45, 7) is 2.73. The summed E-state index contributed by atoms with van der Waals surface area (Å²) in [6.07, 6.45) is -2.30. The molecule has 31 heavy (non-hydrogen) atoms. The van der Waals surface area contributed by atoms with Gasteiger partial charge in [0, 0.05) is 29.3 Å². The lowest BCUT2D eigenvalue weighted by atomic mass is 10.1. The second-order valence-electron chi connectivity index (χ2n) is 7.59. The van der Waals surface area contributed by atoms with Crippen LogP contribution in [0.15, 0.2) is 79.0 Å². The predicted molar refractivity (Wildman–Crippen MR) is 116 cm³/mol. The molecule has 0 atom stereocenters. The molecule has 1 aromatic heterocycles. The highest BCUT2D eigenvalue weighted by Crippen LogP contribution is 2.30. The Labute approximate surface area is 178 Å². The van der Waals surface area contributed by atoms with Crippen molar-refractivity contribution in [2.45, 2.75) is 26.1 Å². The summed E-state index contributed by atoms with van der Waals surface area (Å²) in [5.74, 6) is -0.280. The average Bonchev–Trinajstić information content (AvgIpc) is 3.07. The number of hydrogen-bond donors (Lipinski definition) is 1. The Morgan fingerprint density at radius 2 is 1.61 bits per heavy atom. The van der Waals surface area contributed by atoms with Crippen molar-refractivity contribution in [3.63, 3.8) is 0 Å². The van der Waals surface area contributed by atoms with Crippen molar-refractivity contribution in [1.82, 2.24) is 4.57 Å². The molecule has 0 saturated heterocycles. The lowest BCUT2D eigenvalue weighted by Gasteiger charge is -2.08. The first-order chi connectivity index (χ1) is 14.8. The molecule has 0 saturated carbocycles. The standard InChI is InChI=1S/C25H21F3N2O/c1-17-6-8-18(9-7-17)15-30-16-19(22-4-2-3-5-23(22)30)14-24(31)29-21-12-10-20(11-13-21)25(26,27)28/h2-13,16H,14-15H2,1H3,(H,29,31). The molecule has 0 aliphatic carbocycles. The Balaban J connectivity index is 1.53. The number of benzene rings is 3. The molecule has 158 valence electrons. The van der Waals surface area contributed by atoms with E-state index in [0.717, 1.165) is 34.2 Å². The number of hydrogen-bond acceptors (Lipinski definition) is 1. The third-order valence-electron chi connectivity index (χ3n) is 5.19. The van der Waals surface area contributed by atoms with Gasteiger partial charge in [0.2, 0.25) is 5.91 Å². The lowest BCUT2D eigenvalue weighted by molar-refractivity contribution is -0.137. The van der Waals surface area contributed by atoms with E-state index in [-0.39, 0.29) is 12.3 Å². The zero-order chi connectivity index (χ0) is 22.0. The zero-order valence-corrected chi connectivity index (χ0v) is 16.9. The van der Waals surface area contributed by atoms with Gasteiger partial charge in [-0.05, 0) is 48.4 Å². The highest BCUT2D eigenvalue weighted by Gasteiger charge is 2.30. The number of halogens is 3. The van der Waals surface area contributed by atoms with Gasteiger partial charge in [0.1, 0.15) is 0 Å². The molecule has 0 aliphatic rings. The Morgan fingerprint density at radius 3 is 2.29 bits per heavy atom. The Hall–Kier alpha value is -3.54. The molecule has 1 heterocycles. The number of aromatic nitrogens is 1. The van der Waals surface area contributed by atoms with Crippen LogP contribution in [0.1, 0.15) is 22.3 Å². The van der Waals surface area contributed by atoms with E-state index in [0.29, 0.717) is 12.2 Å². The van der Waals surface area contributed by atoms with E-state index in [2.05, 4.69) is 34.1 Å². The molecule has 4 rings (SSSR count). The summed E-state index contributed by atoms with van der Waals surface area (Å²) in [6, 6.07) is 20.6. The van der Waals surface area contributed by atoms with Crippen molar-refractivity contribution in [2.24, 2.45) is 0 Å². The van der Waals surface area contributed by atoms with Gasteiger partial charge < -0.3 is 9.88 Å². The number of para-hydroxylation sites is 1. The molecule has 1 N–H and O–H groups in total. The highest BCUT2D eigenvalue weighted by molar-refractivity contribution is 5.96. The van der Waals surface area contributed by atoms with E-state index >= 15 is 0 Å². The second kappa shape index (κ2) is 8.30. The Kier molecular flexibility index (Phi) is 5.55. The minimum Gasteiger partial charge on any atom is -0.343 e. The van der Waals surface area contributed by atoms with Crippen molar-refractivity contribution in [3.8, 4) is 0 Å². The van der Waals surface area contributed by atoms with E-state index in [1.807, 2.05) is 37.4 Å². The minimum absolute atomic E-state index is 0.127. The number of carbonyl (C=O) groups is 1. The fourth-order valence-electron chi connectivity index (χ4n) is 3.61. The van der Waals surface area contributed by atoms with Crippen molar-refractivity contribution in [3.05, 3.63) is 101 Å². The van der Waals surface area contributed by atoms with Crippen LogP contribution in [0.4, 0.5) is 18.9 Å². The molecule has 0 spiro atoms.